The molecule has 0 aliphatic carbocycles. The van der Waals surface area contributed by atoms with Crippen molar-refractivity contribution in [2.24, 2.45) is 0 Å². The van der Waals surface area contributed by atoms with E-state index in [2.05, 4.69) is 51.5 Å². The Morgan fingerprint density at radius 3 is 2.58 bits per heavy atom. The first-order valence-electron chi connectivity index (χ1n) is 3.66. The normalized spacial score (nSPS) is 11.5. The first kappa shape index (κ1) is 9.94. The Labute approximate surface area is 91.3 Å². The molecule has 0 N–H and O–H groups in total. The van der Waals surface area contributed by atoms with Crippen LogP contribution < -0.4 is 0 Å². The van der Waals surface area contributed by atoms with Crippen LogP contribution in [0.1, 0.15) is 6.92 Å². The second-order valence-corrected chi connectivity index (χ2v) is 4.27. The van der Waals surface area contributed by atoms with E-state index in [9.17, 15) is 0 Å². The van der Waals surface area contributed by atoms with E-state index in [-0.39, 0.29) is 0 Å². The van der Waals surface area contributed by atoms with Crippen LogP contribution in [0, 0.1) is 9.85 Å². The molecule has 0 aliphatic heterocycles. The van der Waals surface area contributed by atoms with Gasteiger partial charge >= 0.3 is 0 Å². The first-order valence-corrected chi connectivity index (χ1v) is 5.61. The average molecular weight is 288 g/mol. The molecule has 1 aromatic carbocycles. The van der Waals surface area contributed by atoms with Gasteiger partial charge in [0, 0.05) is 27.5 Å². The number of thioether (sulfide) groups is 1. The molecular weight excluding hydrogens is 279 g/mol. The Bertz CT molecular complexity index is 284. The second-order valence-electron chi connectivity index (χ2n) is 2.31. The van der Waals surface area contributed by atoms with Crippen LogP contribution in [-0.2, 0) is 0 Å². The number of hydrogen-bond acceptors (Lipinski definition) is 1. The lowest BCUT2D eigenvalue weighted by Crippen LogP contribution is -1.88. The Morgan fingerprint density at radius 1 is 1.33 bits per heavy atom. The molecule has 0 radical (unpaired) electrons. The van der Waals surface area contributed by atoms with Crippen LogP contribution in [0.25, 0.3) is 0 Å². The summed E-state index contributed by atoms with van der Waals surface area (Å²) in [5.74, 6) is 3.09. The third-order valence-corrected chi connectivity index (χ3v) is 2.64. The van der Waals surface area contributed by atoms with Gasteiger partial charge in [-0.2, -0.15) is 0 Å². The van der Waals surface area contributed by atoms with E-state index in [1.54, 1.807) is 11.8 Å². The molecule has 12 heavy (non-hydrogen) atoms. The zero-order valence-corrected chi connectivity index (χ0v) is 9.72. The summed E-state index contributed by atoms with van der Waals surface area (Å²) in [6, 6.07) is 10.3. The van der Waals surface area contributed by atoms with E-state index in [1.165, 1.54) is 4.90 Å². The van der Waals surface area contributed by atoms with Crippen molar-refractivity contribution in [3.63, 3.8) is 0 Å². The van der Waals surface area contributed by atoms with Gasteiger partial charge in [0.25, 0.3) is 0 Å². The highest BCUT2D eigenvalue weighted by molar-refractivity contribution is 14.1. The summed E-state index contributed by atoms with van der Waals surface area (Å²) in [7, 11) is 0. The highest BCUT2D eigenvalue weighted by Crippen LogP contribution is 2.21. The third-order valence-electron chi connectivity index (χ3n) is 1.31. The maximum atomic E-state index is 3.09. The van der Waals surface area contributed by atoms with E-state index in [0.29, 0.717) is 5.25 Å². The van der Waals surface area contributed by atoms with Gasteiger partial charge in [-0.15, -0.1) is 11.8 Å². The predicted octanol–water partition coefficient (Wildman–Crippen LogP) is 3.56. The van der Waals surface area contributed by atoms with Crippen LogP contribution in [0.5, 0.6) is 0 Å². The predicted molar refractivity (Wildman–Crippen MR) is 63.6 cm³/mol. The van der Waals surface area contributed by atoms with Crippen molar-refractivity contribution in [2.45, 2.75) is 17.1 Å². The van der Waals surface area contributed by atoms with Gasteiger partial charge in [0.05, 0.1) is 5.25 Å². The third kappa shape index (κ3) is 3.51. The summed E-state index contributed by atoms with van der Waals surface area (Å²) in [6.45, 7) is 2.11. The summed E-state index contributed by atoms with van der Waals surface area (Å²) in [6.07, 6.45) is 0. The Kier molecular flexibility index (Phi) is 4.55. The molecule has 0 saturated heterocycles. The SMILES string of the molecule is CC(C#CI)Sc1ccccc1. The molecule has 1 unspecified atom stereocenters. The largest absolute Gasteiger partial charge is 0.110 e. The number of hydrogen-bond donors (Lipinski definition) is 0. The molecule has 0 bridgehead atoms. The van der Waals surface area contributed by atoms with Crippen molar-refractivity contribution in [3.8, 4) is 9.85 Å². The van der Waals surface area contributed by atoms with E-state index < -0.39 is 0 Å². The van der Waals surface area contributed by atoms with Crippen LogP contribution in [0.2, 0.25) is 0 Å². The van der Waals surface area contributed by atoms with Gasteiger partial charge in [-0.05, 0) is 23.0 Å². The fraction of sp³-hybridized carbons (Fsp3) is 0.200. The molecule has 2 heteroatoms. The first-order chi connectivity index (χ1) is 5.83. The summed E-state index contributed by atoms with van der Waals surface area (Å²) in [5.41, 5.74) is 0. The lowest BCUT2D eigenvalue weighted by molar-refractivity contribution is 1.28. The summed E-state index contributed by atoms with van der Waals surface area (Å²) in [5, 5.41) is 0.379. The smallest absolute Gasteiger partial charge is 0.0684 e. The minimum absolute atomic E-state index is 0.379. The molecular formula is C10H9IS. The summed E-state index contributed by atoms with van der Waals surface area (Å²) in [4.78, 5) is 1.28. The highest BCUT2D eigenvalue weighted by atomic mass is 127. The van der Waals surface area contributed by atoms with Crippen LogP contribution in [0.15, 0.2) is 35.2 Å². The minimum Gasteiger partial charge on any atom is -0.110 e. The van der Waals surface area contributed by atoms with Crippen molar-refractivity contribution in [3.05, 3.63) is 30.3 Å². The topological polar surface area (TPSA) is 0 Å². The highest BCUT2D eigenvalue weighted by Gasteiger charge is 1.98. The molecule has 0 saturated carbocycles. The quantitative estimate of drug-likeness (QED) is 0.455. The standard InChI is InChI=1S/C10H9IS/c1-9(7-8-11)12-10-5-3-2-4-6-10/h2-6,9H,1H3. The van der Waals surface area contributed by atoms with Gasteiger partial charge in [0.2, 0.25) is 0 Å². The van der Waals surface area contributed by atoms with Crippen LogP contribution in [0.4, 0.5) is 0 Å². The number of halogens is 1. The van der Waals surface area contributed by atoms with Crippen molar-refractivity contribution < 1.29 is 0 Å². The molecule has 0 spiro atoms. The molecule has 0 fully saturated rings. The second kappa shape index (κ2) is 5.50. The molecule has 1 rings (SSSR count). The van der Waals surface area contributed by atoms with Crippen molar-refractivity contribution in [2.75, 3.05) is 0 Å². The zero-order valence-electron chi connectivity index (χ0n) is 6.75. The van der Waals surface area contributed by atoms with Gasteiger partial charge in [-0.1, -0.05) is 24.1 Å². The zero-order chi connectivity index (χ0) is 8.81. The van der Waals surface area contributed by atoms with Gasteiger partial charge in [0.15, 0.2) is 0 Å². The lowest BCUT2D eigenvalue weighted by atomic mass is 10.4. The van der Waals surface area contributed by atoms with Crippen molar-refractivity contribution in [1.82, 2.24) is 0 Å². The van der Waals surface area contributed by atoms with Gasteiger partial charge in [-0.3, -0.25) is 0 Å². The fourth-order valence-electron chi connectivity index (χ4n) is 0.809. The molecule has 0 aliphatic rings. The Balaban J connectivity index is 2.56. The molecule has 0 aromatic heterocycles. The Hall–Kier alpha value is -0.140. The maximum absolute atomic E-state index is 3.09. The van der Waals surface area contributed by atoms with Crippen LogP contribution in [0.3, 0.4) is 0 Å². The average Bonchev–Trinajstić information content (AvgIpc) is 2.06. The molecule has 0 heterocycles. The van der Waals surface area contributed by atoms with Crippen molar-refractivity contribution in [1.29, 1.82) is 0 Å². The molecule has 0 nitrogen and oxygen atoms in total. The van der Waals surface area contributed by atoms with Crippen LogP contribution in [-0.4, -0.2) is 5.25 Å². The maximum Gasteiger partial charge on any atom is 0.0684 e. The molecule has 1 atom stereocenters. The summed E-state index contributed by atoms with van der Waals surface area (Å²) >= 11 is 3.86. The Morgan fingerprint density at radius 2 is 2.00 bits per heavy atom. The number of rotatable bonds is 2. The fourth-order valence-corrected chi connectivity index (χ4v) is 2.33. The minimum atomic E-state index is 0.379. The van der Waals surface area contributed by atoms with E-state index in [1.807, 2.05) is 18.2 Å². The van der Waals surface area contributed by atoms with Gasteiger partial charge in [0.1, 0.15) is 0 Å². The molecule has 1 aromatic rings. The summed E-state index contributed by atoms with van der Waals surface area (Å²) < 4.78 is 2.89. The lowest BCUT2D eigenvalue weighted by Gasteiger charge is -2.02. The van der Waals surface area contributed by atoms with E-state index >= 15 is 0 Å². The molecule has 0 amide bonds. The van der Waals surface area contributed by atoms with E-state index in [0.717, 1.165) is 0 Å². The van der Waals surface area contributed by atoms with Crippen molar-refractivity contribution >= 4 is 34.4 Å². The monoisotopic (exact) mass is 288 g/mol. The van der Waals surface area contributed by atoms with E-state index in [4.69, 9.17) is 0 Å². The molecule has 62 valence electrons. The number of benzene rings is 1. The van der Waals surface area contributed by atoms with Gasteiger partial charge in [-0.25, -0.2) is 0 Å². The van der Waals surface area contributed by atoms with Gasteiger partial charge < -0.3 is 0 Å². The van der Waals surface area contributed by atoms with Crippen LogP contribution >= 0.6 is 34.4 Å².